The van der Waals surface area contributed by atoms with Gasteiger partial charge in [0.1, 0.15) is 6.54 Å². The van der Waals surface area contributed by atoms with E-state index in [1.807, 2.05) is 24.3 Å². The highest BCUT2D eigenvalue weighted by Gasteiger charge is 2.09. The fourth-order valence-electron chi connectivity index (χ4n) is 2.29. The number of carboxylic acids is 1. The van der Waals surface area contributed by atoms with E-state index in [9.17, 15) is 14.4 Å². The van der Waals surface area contributed by atoms with Crippen molar-refractivity contribution in [1.82, 2.24) is 15.3 Å². The minimum absolute atomic E-state index is 0.181. The van der Waals surface area contributed by atoms with E-state index in [4.69, 9.17) is 5.11 Å². The van der Waals surface area contributed by atoms with E-state index < -0.39 is 18.4 Å². The Morgan fingerprint density at radius 3 is 2.52 bits per heavy atom. The van der Waals surface area contributed by atoms with Crippen LogP contribution in [0.15, 0.2) is 53.7 Å². The van der Waals surface area contributed by atoms with Gasteiger partial charge in [0, 0.05) is 11.3 Å². The lowest BCUT2D eigenvalue weighted by Crippen LogP contribution is -2.29. The minimum Gasteiger partial charge on any atom is -0.480 e. The minimum atomic E-state index is -1.12. The third kappa shape index (κ3) is 5.08. The van der Waals surface area contributed by atoms with Crippen LogP contribution in [0.1, 0.15) is 10.4 Å². The number of nitrogens with one attached hydrogen (secondary N) is 3. The Bertz CT molecular complexity index is 951. The van der Waals surface area contributed by atoms with Crippen LogP contribution in [0.3, 0.4) is 0 Å². The first-order valence-electron chi connectivity index (χ1n) is 7.99. The van der Waals surface area contributed by atoms with Gasteiger partial charge in [-0.25, -0.2) is 4.98 Å². The van der Waals surface area contributed by atoms with Crippen LogP contribution in [0.25, 0.3) is 11.0 Å². The maximum Gasteiger partial charge on any atom is 0.322 e. The van der Waals surface area contributed by atoms with E-state index in [0.29, 0.717) is 16.4 Å². The molecule has 1 heterocycles. The molecular weight excluding hydrogens is 368 g/mol. The smallest absolute Gasteiger partial charge is 0.322 e. The van der Waals surface area contributed by atoms with Crippen molar-refractivity contribution in [1.29, 1.82) is 0 Å². The SMILES string of the molecule is O=C(O)CNC(=O)c1ccc(NC(=O)CSc2nc3ccccc3[nH]2)cc1. The van der Waals surface area contributed by atoms with E-state index in [1.165, 1.54) is 23.9 Å². The number of carboxylic acid groups (broad SMARTS) is 1. The Morgan fingerprint density at radius 2 is 1.81 bits per heavy atom. The Balaban J connectivity index is 1.51. The van der Waals surface area contributed by atoms with Gasteiger partial charge in [-0.1, -0.05) is 23.9 Å². The van der Waals surface area contributed by atoms with E-state index >= 15 is 0 Å². The number of aliphatic carboxylic acids is 1. The number of para-hydroxylation sites is 2. The molecule has 0 unspecified atom stereocenters. The van der Waals surface area contributed by atoms with Crippen molar-refractivity contribution in [2.24, 2.45) is 0 Å². The van der Waals surface area contributed by atoms with Crippen molar-refractivity contribution < 1.29 is 19.5 Å². The van der Waals surface area contributed by atoms with E-state index in [0.717, 1.165) is 11.0 Å². The number of rotatable bonds is 7. The molecule has 0 aliphatic carbocycles. The molecule has 0 spiro atoms. The normalized spacial score (nSPS) is 10.5. The number of carbonyl (C=O) groups is 3. The van der Waals surface area contributed by atoms with Crippen LogP contribution in [0, 0.1) is 0 Å². The molecule has 0 aliphatic heterocycles. The van der Waals surface area contributed by atoms with Gasteiger partial charge in [0.25, 0.3) is 5.91 Å². The molecule has 1 aromatic heterocycles. The predicted molar refractivity (Wildman–Crippen MR) is 102 cm³/mol. The van der Waals surface area contributed by atoms with E-state index in [2.05, 4.69) is 20.6 Å². The van der Waals surface area contributed by atoms with Crippen LogP contribution >= 0.6 is 11.8 Å². The number of anilines is 1. The highest BCUT2D eigenvalue weighted by Crippen LogP contribution is 2.19. The largest absolute Gasteiger partial charge is 0.480 e. The van der Waals surface area contributed by atoms with Gasteiger partial charge in [-0.05, 0) is 36.4 Å². The zero-order valence-corrected chi connectivity index (χ0v) is 14.9. The van der Waals surface area contributed by atoms with E-state index in [1.54, 1.807) is 12.1 Å². The van der Waals surface area contributed by atoms with Crippen LogP contribution in [0.5, 0.6) is 0 Å². The maximum atomic E-state index is 12.1. The first kappa shape index (κ1) is 18.5. The molecule has 2 aromatic carbocycles. The molecule has 8 nitrogen and oxygen atoms in total. The molecule has 3 aromatic rings. The summed E-state index contributed by atoms with van der Waals surface area (Å²) in [7, 11) is 0. The Hall–Kier alpha value is -3.33. The lowest BCUT2D eigenvalue weighted by molar-refractivity contribution is -0.135. The van der Waals surface area contributed by atoms with Crippen molar-refractivity contribution >= 4 is 46.3 Å². The first-order valence-corrected chi connectivity index (χ1v) is 8.97. The number of carbonyl (C=O) groups excluding carboxylic acids is 2. The number of amides is 2. The summed E-state index contributed by atoms with van der Waals surface area (Å²) < 4.78 is 0. The number of thioether (sulfide) groups is 1. The summed E-state index contributed by atoms with van der Waals surface area (Å²) in [5, 5.41) is 14.2. The maximum absolute atomic E-state index is 12.1. The Labute approximate surface area is 158 Å². The number of aromatic amines is 1. The van der Waals surface area contributed by atoms with Crippen molar-refractivity contribution in [3.8, 4) is 0 Å². The van der Waals surface area contributed by atoms with Crippen LogP contribution in [-0.2, 0) is 9.59 Å². The van der Waals surface area contributed by atoms with Crippen LogP contribution in [0.2, 0.25) is 0 Å². The van der Waals surface area contributed by atoms with Crippen molar-refractivity contribution in [2.45, 2.75) is 5.16 Å². The summed E-state index contributed by atoms with van der Waals surface area (Å²) in [5.41, 5.74) is 2.61. The highest BCUT2D eigenvalue weighted by atomic mass is 32.2. The second-order valence-corrected chi connectivity index (χ2v) is 6.51. The standard InChI is InChI=1S/C18H16N4O4S/c23-15(10-27-18-21-13-3-1-2-4-14(13)22-18)20-12-7-5-11(6-8-12)17(26)19-9-16(24)25/h1-8H,9-10H2,(H,19,26)(H,20,23)(H,21,22)(H,24,25). The zero-order chi connectivity index (χ0) is 19.2. The van der Waals surface area contributed by atoms with Gasteiger partial charge in [-0.3, -0.25) is 14.4 Å². The number of H-pyrrole nitrogens is 1. The fourth-order valence-corrected chi connectivity index (χ4v) is 2.98. The summed E-state index contributed by atoms with van der Waals surface area (Å²) in [6, 6.07) is 13.8. The molecule has 2 amide bonds. The number of nitrogens with zero attached hydrogens (tertiary/aromatic N) is 1. The molecule has 3 rings (SSSR count). The van der Waals surface area contributed by atoms with Crippen LogP contribution < -0.4 is 10.6 Å². The monoisotopic (exact) mass is 384 g/mol. The third-order valence-corrected chi connectivity index (χ3v) is 4.41. The molecule has 138 valence electrons. The van der Waals surface area contributed by atoms with Crippen LogP contribution in [0.4, 0.5) is 5.69 Å². The fraction of sp³-hybridized carbons (Fsp3) is 0.111. The number of hydrogen-bond donors (Lipinski definition) is 4. The average Bonchev–Trinajstić information content (AvgIpc) is 3.08. The quantitative estimate of drug-likeness (QED) is 0.463. The molecular formula is C18H16N4O4S. The van der Waals surface area contributed by atoms with Gasteiger partial charge in [0.15, 0.2) is 5.16 Å². The van der Waals surface area contributed by atoms with Gasteiger partial charge >= 0.3 is 5.97 Å². The summed E-state index contributed by atoms with van der Waals surface area (Å²) in [6.45, 7) is -0.448. The highest BCUT2D eigenvalue weighted by molar-refractivity contribution is 7.99. The van der Waals surface area contributed by atoms with Gasteiger partial charge < -0.3 is 20.7 Å². The lowest BCUT2D eigenvalue weighted by Gasteiger charge is -2.06. The number of imidazole rings is 1. The molecule has 0 aliphatic rings. The average molecular weight is 384 g/mol. The first-order chi connectivity index (χ1) is 13.0. The van der Waals surface area contributed by atoms with Gasteiger partial charge in [0.2, 0.25) is 5.91 Å². The summed E-state index contributed by atoms with van der Waals surface area (Å²) in [4.78, 5) is 41.8. The molecule has 27 heavy (non-hydrogen) atoms. The van der Waals surface area contributed by atoms with Crippen molar-refractivity contribution in [3.63, 3.8) is 0 Å². The predicted octanol–water partition coefficient (Wildman–Crippen LogP) is 2.11. The molecule has 0 saturated heterocycles. The molecule has 0 radical (unpaired) electrons. The molecule has 0 atom stereocenters. The molecule has 0 fully saturated rings. The number of aromatic nitrogens is 2. The molecule has 0 bridgehead atoms. The van der Waals surface area contributed by atoms with E-state index in [-0.39, 0.29) is 11.7 Å². The number of fused-ring (bicyclic) bond motifs is 1. The van der Waals surface area contributed by atoms with Crippen molar-refractivity contribution in [3.05, 3.63) is 54.1 Å². The summed E-state index contributed by atoms with van der Waals surface area (Å²) >= 11 is 1.29. The van der Waals surface area contributed by atoms with Gasteiger partial charge in [-0.2, -0.15) is 0 Å². The Kier molecular flexibility index (Phi) is 5.72. The summed E-state index contributed by atoms with van der Waals surface area (Å²) in [5.74, 6) is -1.63. The second kappa shape index (κ2) is 8.37. The lowest BCUT2D eigenvalue weighted by atomic mass is 10.2. The third-order valence-electron chi connectivity index (χ3n) is 3.54. The van der Waals surface area contributed by atoms with Gasteiger partial charge in [0.05, 0.1) is 16.8 Å². The molecule has 4 N–H and O–H groups in total. The summed E-state index contributed by atoms with van der Waals surface area (Å²) in [6.07, 6.45) is 0. The van der Waals surface area contributed by atoms with Crippen molar-refractivity contribution in [2.75, 3.05) is 17.6 Å². The number of hydrogen-bond acceptors (Lipinski definition) is 5. The Morgan fingerprint density at radius 1 is 1.07 bits per heavy atom. The zero-order valence-electron chi connectivity index (χ0n) is 14.1. The second-order valence-electron chi connectivity index (χ2n) is 5.55. The van der Waals surface area contributed by atoms with Gasteiger partial charge in [-0.15, -0.1) is 0 Å². The molecule has 0 saturated carbocycles. The number of benzene rings is 2. The molecule has 9 heteroatoms. The van der Waals surface area contributed by atoms with Crippen LogP contribution in [-0.4, -0.2) is 45.2 Å². The topological polar surface area (TPSA) is 124 Å².